The van der Waals surface area contributed by atoms with E-state index in [1.165, 1.54) is 38.5 Å². The lowest BCUT2D eigenvalue weighted by molar-refractivity contribution is 0.235. The van der Waals surface area contributed by atoms with Gasteiger partial charge in [0.05, 0.1) is 0 Å². The van der Waals surface area contributed by atoms with E-state index in [0.29, 0.717) is 0 Å². The summed E-state index contributed by atoms with van der Waals surface area (Å²) in [6.45, 7) is 2.20. The maximum absolute atomic E-state index is 6.03. The maximum atomic E-state index is 6.03. The first-order valence-electron chi connectivity index (χ1n) is 4.41. The van der Waals surface area contributed by atoms with Crippen molar-refractivity contribution in [2.75, 3.05) is 0 Å². The highest BCUT2D eigenvalue weighted by atomic mass is 14.7. The van der Waals surface area contributed by atoms with Gasteiger partial charge in [0.25, 0.3) is 0 Å². The Hall–Kier alpha value is -0.0400. The van der Waals surface area contributed by atoms with E-state index in [9.17, 15) is 0 Å². The second-order valence-electron chi connectivity index (χ2n) is 4.65. The van der Waals surface area contributed by atoms with Crippen LogP contribution >= 0.6 is 0 Å². The van der Waals surface area contributed by atoms with Crippen LogP contribution in [0.25, 0.3) is 0 Å². The molecule has 10 heavy (non-hydrogen) atoms. The summed E-state index contributed by atoms with van der Waals surface area (Å²) in [5.41, 5.74) is 7.01. The Kier molecular flexibility index (Phi) is 1.17. The minimum absolute atomic E-state index is 0.174. The van der Waals surface area contributed by atoms with Crippen molar-refractivity contribution < 1.29 is 0 Å². The SMILES string of the molecule is CC1(N)CCC2(CC1)CC2. The van der Waals surface area contributed by atoms with Crippen LogP contribution in [-0.4, -0.2) is 5.54 Å². The Morgan fingerprint density at radius 2 is 1.30 bits per heavy atom. The molecule has 0 atom stereocenters. The van der Waals surface area contributed by atoms with Gasteiger partial charge in [0.2, 0.25) is 0 Å². The average molecular weight is 139 g/mol. The van der Waals surface area contributed by atoms with Gasteiger partial charge in [0.1, 0.15) is 0 Å². The minimum atomic E-state index is 0.174. The smallest absolute Gasteiger partial charge is 0.0126 e. The second-order valence-corrected chi connectivity index (χ2v) is 4.65. The third-order valence-electron chi connectivity index (χ3n) is 3.41. The first kappa shape index (κ1) is 6.66. The summed E-state index contributed by atoms with van der Waals surface area (Å²) in [6.07, 6.45) is 8.30. The van der Waals surface area contributed by atoms with Gasteiger partial charge >= 0.3 is 0 Å². The van der Waals surface area contributed by atoms with Crippen molar-refractivity contribution >= 4 is 0 Å². The van der Waals surface area contributed by atoms with E-state index >= 15 is 0 Å². The topological polar surface area (TPSA) is 26.0 Å². The molecule has 1 heteroatoms. The predicted octanol–water partition coefficient (Wildman–Crippen LogP) is 2.06. The lowest BCUT2D eigenvalue weighted by Crippen LogP contribution is -2.40. The van der Waals surface area contributed by atoms with Crippen LogP contribution in [0.15, 0.2) is 0 Å². The van der Waals surface area contributed by atoms with E-state index in [1.807, 2.05) is 0 Å². The van der Waals surface area contributed by atoms with Gasteiger partial charge in [-0.15, -0.1) is 0 Å². The highest BCUT2D eigenvalue weighted by Crippen LogP contribution is 2.57. The van der Waals surface area contributed by atoms with Gasteiger partial charge in [-0.2, -0.15) is 0 Å². The van der Waals surface area contributed by atoms with Gasteiger partial charge in [-0.05, 0) is 50.9 Å². The van der Waals surface area contributed by atoms with Crippen molar-refractivity contribution in [3.05, 3.63) is 0 Å². The molecule has 2 N–H and O–H groups in total. The molecule has 0 aromatic carbocycles. The molecular formula is C9H17N. The molecule has 58 valence electrons. The Morgan fingerprint density at radius 1 is 0.900 bits per heavy atom. The van der Waals surface area contributed by atoms with Gasteiger partial charge in [0, 0.05) is 5.54 Å². The lowest BCUT2D eigenvalue weighted by atomic mass is 9.76. The first-order chi connectivity index (χ1) is 4.62. The fourth-order valence-electron chi connectivity index (χ4n) is 2.03. The molecule has 0 unspecified atom stereocenters. The molecule has 0 bridgehead atoms. The zero-order chi connectivity index (χ0) is 7.24. The van der Waals surface area contributed by atoms with Crippen LogP contribution in [0.5, 0.6) is 0 Å². The van der Waals surface area contributed by atoms with Crippen LogP contribution in [0.4, 0.5) is 0 Å². The number of rotatable bonds is 0. The molecule has 2 saturated carbocycles. The van der Waals surface area contributed by atoms with Crippen molar-refractivity contribution in [1.82, 2.24) is 0 Å². The normalized spacial score (nSPS) is 34.2. The molecule has 2 aliphatic carbocycles. The third-order valence-corrected chi connectivity index (χ3v) is 3.41. The van der Waals surface area contributed by atoms with E-state index in [-0.39, 0.29) is 5.54 Å². The van der Waals surface area contributed by atoms with E-state index in [2.05, 4.69) is 6.92 Å². The Morgan fingerprint density at radius 3 is 1.70 bits per heavy atom. The number of hydrogen-bond donors (Lipinski definition) is 1. The van der Waals surface area contributed by atoms with Gasteiger partial charge in [0.15, 0.2) is 0 Å². The summed E-state index contributed by atoms with van der Waals surface area (Å²) < 4.78 is 0. The molecule has 1 nitrogen and oxygen atoms in total. The largest absolute Gasteiger partial charge is 0.325 e. The molecule has 0 aromatic heterocycles. The molecule has 2 aliphatic rings. The fourth-order valence-corrected chi connectivity index (χ4v) is 2.03. The van der Waals surface area contributed by atoms with Crippen molar-refractivity contribution in [2.24, 2.45) is 11.1 Å². The maximum Gasteiger partial charge on any atom is 0.0126 e. The van der Waals surface area contributed by atoms with Crippen molar-refractivity contribution in [3.8, 4) is 0 Å². The number of hydrogen-bond acceptors (Lipinski definition) is 1. The van der Waals surface area contributed by atoms with Crippen molar-refractivity contribution in [3.63, 3.8) is 0 Å². The zero-order valence-corrected chi connectivity index (χ0v) is 6.82. The first-order valence-corrected chi connectivity index (χ1v) is 4.41. The van der Waals surface area contributed by atoms with E-state index in [4.69, 9.17) is 5.73 Å². The van der Waals surface area contributed by atoms with Gasteiger partial charge < -0.3 is 5.73 Å². The standard InChI is InChI=1S/C9H17N/c1-8(10)2-4-9(5-3-8)6-7-9/h2-7,10H2,1H3. The summed E-state index contributed by atoms with van der Waals surface area (Å²) in [5.74, 6) is 0. The molecule has 0 aromatic rings. The molecule has 0 radical (unpaired) electrons. The van der Waals surface area contributed by atoms with Gasteiger partial charge in [-0.1, -0.05) is 0 Å². The second kappa shape index (κ2) is 1.76. The minimum Gasteiger partial charge on any atom is -0.325 e. The molecule has 1 spiro atoms. The van der Waals surface area contributed by atoms with Crippen LogP contribution in [0, 0.1) is 5.41 Å². The molecule has 0 heterocycles. The van der Waals surface area contributed by atoms with E-state index < -0.39 is 0 Å². The van der Waals surface area contributed by atoms with Crippen LogP contribution in [0.1, 0.15) is 45.4 Å². The summed E-state index contributed by atoms with van der Waals surface area (Å²) in [7, 11) is 0. The van der Waals surface area contributed by atoms with E-state index in [1.54, 1.807) is 0 Å². The molecule has 0 amide bonds. The summed E-state index contributed by atoms with van der Waals surface area (Å²) >= 11 is 0. The highest BCUT2D eigenvalue weighted by molar-refractivity contribution is 5.00. The summed E-state index contributed by atoms with van der Waals surface area (Å²) in [5, 5.41) is 0. The zero-order valence-electron chi connectivity index (χ0n) is 6.82. The van der Waals surface area contributed by atoms with Gasteiger partial charge in [-0.25, -0.2) is 0 Å². The predicted molar refractivity (Wildman–Crippen MR) is 42.7 cm³/mol. The van der Waals surface area contributed by atoms with Crippen LogP contribution in [0.3, 0.4) is 0 Å². The summed E-state index contributed by atoms with van der Waals surface area (Å²) in [6, 6.07) is 0. The van der Waals surface area contributed by atoms with Crippen LogP contribution in [0.2, 0.25) is 0 Å². The quantitative estimate of drug-likeness (QED) is 0.546. The fraction of sp³-hybridized carbons (Fsp3) is 1.00. The summed E-state index contributed by atoms with van der Waals surface area (Å²) in [4.78, 5) is 0. The van der Waals surface area contributed by atoms with Crippen molar-refractivity contribution in [1.29, 1.82) is 0 Å². The molecule has 2 rings (SSSR count). The van der Waals surface area contributed by atoms with E-state index in [0.717, 1.165) is 5.41 Å². The van der Waals surface area contributed by atoms with Gasteiger partial charge in [-0.3, -0.25) is 0 Å². The highest BCUT2D eigenvalue weighted by Gasteiger charge is 2.46. The molecule has 0 saturated heterocycles. The number of nitrogens with two attached hydrogens (primary N) is 1. The van der Waals surface area contributed by atoms with Crippen LogP contribution < -0.4 is 5.73 Å². The molecule has 0 aliphatic heterocycles. The average Bonchev–Trinajstić information content (AvgIpc) is 2.60. The Bertz CT molecular complexity index is 127. The lowest BCUT2D eigenvalue weighted by Gasteiger charge is -2.34. The van der Waals surface area contributed by atoms with Crippen LogP contribution in [-0.2, 0) is 0 Å². The molecular weight excluding hydrogens is 122 g/mol. The third kappa shape index (κ3) is 1.07. The monoisotopic (exact) mass is 139 g/mol. The Labute approximate surface area is 63.0 Å². The molecule has 2 fully saturated rings. The Balaban J connectivity index is 1.95. The van der Waals surface area contributed by atoms with Crippen molar-refractivity contribution in [2.45, 2.75) is 51.0 Å².